The van der Waals surface area contributed by atoms with Crippen molar-refractivity contribution in [1.82, 2.24) is 9.80 Å². The number of rotatable bonds is 2. The molecular weight excluding hydrogens is 254 g/mol. The molecule has 0 saturated carbocycles. The lowest BCUT2D eigenvalue weighted by atomic mass is 10.00. The summed E-state index contributed by atoms with van der Waals surface area (Å²) in [6, 6.07) is 11.9. The van der Waals surface area contributed by atoms with Crippen LogP contribution in [-0.2, 0) is 6.54 Å². The zero-order valence-electron chi connectivity index (χ0n) is 11.9. The van der Waals surface area contributed by atoms with E-state index < -0.39 is 0 Å². The van der Waals surface area contributed by atoms with Crippen LogP contribution in [-0.4, -0.2) is 39.6 Å². The summed E-state index contributed by atoms with van der Waals surface area (Å²) < 4.78 is 0. The molecule has 104 valence electrons. The van der Waals surface area contributed by atoms with Gasteiger partial charge in [0, 0.05) is 31.2 Å². The molecule has 0 radical (unpaired) electrons. The maximum absolute atomic E-state index is 5.82. The maximum atomic E-state index is 5.82. The summed E-state index contributed by atoms with van der Waals surface area (Å²) in [6.45, 7) is 8.60. The Kier molecular flexibility index (Phi) is 4.42. The van der Waals surface area contributed by atoms with Gasteiger partial charge in [-0.25, -0.2) is 0 Å². The summed E-state index contributed by atoms with van der Waals surface area (Å²) in [5.41, 5.74) is 7.18. The van der Waals surface area contributed by atoms with Gasteiger partial charge in [-0.15, -0.1) is 0 Å². The van der Waals surface area contributed by atoms with E-state index >= 15 is 0 Å². The standard InChI is InChI=1S/C15H23N3S/c1-11-9-18(15(16)19)13(3)12(2)17(11)10-14-7-5-4-6-8-14/h4-8,11-13H,9-10H2,1-3H3,(H2,16,19). The molecule has 19 heavy (non-hydrogen) atoms. The average Bonchev–Trinajstić information content (AvgIpc) is 2.40. The van der Waals surface area contributed by atoms with Gasteiger partial charge >= 0.3 is 0 Å². The number of thiocarbonyl (C=S) groups is 1. The molecule has 1 aliphatic heterocycles. The van der Waals surface area contributed by atoms with Gasteiger partial charge in [-0.3, -0.25) is 4.90 Å². The monoisotopic (exact) mass is 277 g/mol. The smallest absolute Gasteiger partial charge is 0.166 e. The molecular formula is C15H23N3S. The van der Waals surface area contributed by atoms with E-state index in [1.165, 1.54) is 5.56 Å². The zero-order valence-corrected chi connectivity index (χ0v) is 12.7. The Labute approximate surface area is 121 Å². The van der Waals surface area contributed by atoms with Crippen LogP contribution in [0.3, 0.4) is 0 Å². The lowest BCUT2D eigenvalue weighted by molar-refractivity contribution is 0.0282. The predicted molar refractivity (Wildman–Crippen MR) is 83.9 cm³/mol. The van der Waals surface area contributed by atoms with Crippen LogP contribution in [0.25, 0.3) is 0 Å². The number of nitrogens with two attached hydrogens (primary N) is 1. The molecule has 3 nitrogen and oxygen atoms in total. The fraction of sp³-hybridized carbons (Fsp3) is 0.533. The van der Waals surface area contributed by atoms with Crippen LogP contribution in [0.2, 0.25) is 0 Å². The number of hydrogen-bond donors (Lipinski definition) is 1. The van der Waals surface area contributed by atoms with Crippen molar-refractivity contribution in [3.63, 3.8) is 0 Å². The fourth-order valence-electron chi connectivity index (χ4n) is 2.88. The minimum Gasteiger partial charge on any atom is -0.376 e. The third-order valence-corrected chi connectivity index (χ3v) is 4.47. The van der Waals surface area contributed by atoms with Crippen molar-refractivity contribution in [2.24, 2.45) is 5.73 Å². The van der Waals surface area contributed by atoms with Crippen molar-refractivity contribution in [3.05, 3.63) is 35.9 Å². The summed E-state index contributed by atoms with van der Waals surface area (Å²) in [4.78, 5) is 4.68. The number of nitrogens with zero attached hydrogens (tertiary/aromatic N) is 2. The molecule has 4 heteroatoms. The van der Waals surface area contributed by atoms with Crippen molar-refractivity contribution < 1.29 is 0 Å². The highest BCUT2D eigenvalue weighted by atomic mass is 32.1. The van der Waals surface area contributed by atoms with Gasteiger partial charge in [-0.2, -0.15) is 0 Å². The van der Waals surface area contributed by atoms with Crippen molar-refractivity contribution in [1.29, 1.82) is 0 Å². The van der Waals surface area contributed by atoms with E-state index in [2.05, 4.69) is 60.9 Å². The van der Waals surface area contributed by atoms with E-state index in [0.29, 0.717) is 23.2 Å². The first-order chi connectivity index (χ1) is 9.00. The van der Waals surface area contributed by atoms with E-state index in [4.69, 9.17) is 18.0 Å². The summed E-state index contributed by atoms with van der Waals surface area (Å²) in [5.74, 6) is 0. The molecule has 1 aliphatic rings. The molecule has 1 aromatic rings. The normalized spacial score (nSPS) is 28.4. The van der Waals surface area contributed by atoms with Gasteiger partial charge in [-0.05, 0) is 38.6 Å². The summed E-state index contributed by atoms with van der Waals surface area (Å²) in [5, 5.41) is 0.519. The average molecular weight is 277 g/mol. The summed E-state index contributed by atoms with van der Waals surface area (Å²) in [7, 11) is 0. The van der Waals surface area contributed by atoms with E-state index in [1.807, 2.05) is 0 Å². The van der Waals surface area contributed by atoms with Gasteiger partial charge < -0.3 is 10.6 Å². The molecule has 1 fully saturated rings. The molecule has 1 heterocycles. The molecule has 2 N–H and O–H groups in total. The van der Waals surface area contributed by atoms with E-state index in [9.17, 15) is 0 Å². The summed E-state index contributed by atoms with van der Waals surface area (Å²) in [6.07, 6.45) is 0. The van der Waals surface area contributed by atoms with E-state index in [1.54, 1.807) is 0 Å². The topological polar surface area (TPSA) is 32.5 Å². The second-order valence-corrected chi connectivity index (χ2v) is 5.90. The second-order valence-electron chi connectivity index (χ2n) is 5.48. The Morgan fingerprint density at radius 2 is 1.84 bits per heavy atom. The molecule has 0 aliphatic carbocycles. The van der Waals surface area contributed by atoms with Crippen molar-refractivity contribution in [2.75, 3.05) is 6.54 Å². The largest absolute Gasteiger partial charge is 0.376 e. The Bertz CT molecular complexity index is 434. The fourth-order valence-corrected chi connectivity index (χ4v) is 3.12. The molecule has 0 spiro atoms. The number of benzene rings is 1. The third-order valence-electron chi connectivity index (χ3n) is 4.23. The highest BCUT2D eigenvalue weighted by Crippen LogP contribution is 2.23. The van der Waals surface area contributed by atoms with E-state index in [-0.39, 0.29) is 0 Å². The van der Waals surface area contributed by atoms with Gasteiger partial charge in [0.2, 0.25) is 0 Å². The minimum atomic E-state index is 0.359. The van der Waals surface area contributed by atoms with Crippen LogP contribution in [0.15, 0.2) is 30.3 Å². The minimum absolute atomic E-state index is 0.359. The maximum Gasteiger partial charge on any atom is 0.166 e. The molecule has 0 bridgehead atoms. The molecule has 2 rings (SSSR count). The van der Waals surface area contributed by atoms with Crippen LogP contribution in [0, 0.1) is 0 Å². The van der Waals surface area contributed by atoms with Gasteiger partial charge in [0.15, 0.2) is 5.11 Å². The first-order valence-corrected chi connectivity index (χ1v) is 7.27. The Morgan fingerprint density at radius 3 is 2.42 bits per heavy atom. The molecule has 1 aromatic carbocycles. The predicted octanol–water partition coefficient (Wildman–Crippen LogP) is 2.21. The SMILES string of the molecule is CC1C(C)N(Cc2ccccc2)C(C)CN1C(N)=S. The molecule has 0 aromatic heterocycles. The lowest BCUT2D eigenvalue weighted by Crippen LogP contribution is -2.63. The molecule has 1 saturated heterocycles. The highest BCUT2D eigenvalue weighted by Gasteiger charge is 2.35. The Morgan fingerprint density at radius 1 is 1.21 bits per heavy atom. The van der Waals surface area contributed by atoms with Gasteiger partial charge in [0.05, 0.1) is 0 Å². The third kappa shape index (κ3) is 3.07. The van der Waals surface area contributed by atoms with Crippen LogP contribution >= 0.6 is 12.2 Å². The Hall–Kier alpha value is -1.13. The van der Waals surface area contributed by atoms with Crippen molar-refractivity contribution >= 4 is 17.3 Å². The van der Waals surface area contributed by atoms with Crippen LogP contribution in [0.5, 0.6) is 0 Å². The first kappa shape index (κ1) is 14.3. The van der Waals surface area contributed by atoms with Gasteiger partial charge in [0.25, 0.3) is 0 Å². The highest BCUT2D eigenvalue weighted by molar-refractivity contribution is 7.80. The van der Waals surface area contributed by atoms with Crippen LogP contribution in [0.4, 0.5) is 0 Å². The zero-order chi connectivity index (χ0) is 14.0. The van der Waals surface area contributed by atoms with Crippen LogP contribution < -0.4 is 5.73 Å². The lowest BCUT2D eigenvalue weighted by Gasteiger charge is -2.49. The molecule has 3 unspecified atom stereocenters. The van der Waals surface area contributed by atoms with E-state index in [0.717, 1.165) is 13.1 Å². The van der Waals surface area contributed by atoms with Gasteiger partial charge in [-0.1, -0.05) is 30.3 Å². The van der Waals surface area contributed by atoms with Gasteiger partial charge in [0.1, 0.15) is 0 Å². The summed E-state index contributed by atoms with van der Waals surface area (Å²) >= 11 is 5.15. The Balaban J connectivity index is 2.12. The molecule has 3 atom stereocenters. The van der Waals surface area contributed by atoms with Crippen molar-refractivity contribution in [3.8, 4) is 0 Å². The quantitative estimate of drug-likeness (QED) is 0.840. The van der Waals surface area contributed by atoms with Crippen molar-refractivity contribution in [2.45, 2.75) is 45.4 Å². The second kappa shape index (κ2) is 5.88. The van der Waals surface area contributed by atoms with Crippen LogP contribution in [0.1, 0.15) is 26.3 Å². The first-order valence-electron chi connectivity index (χ1n) is 6.86. The number of hydrogen-bond acceptors (Lipinski definition) is 2. The molecule has 0 amide bonds. The number of piperazine rings is 1.